The first-order valence-corrected chi connectivity index (χ1v) is 7.25. The lowest BCUT2D eigenvalue weighted by molar-refractivity contribution is 0.764. The number of hydrogen-bond acceptors (Lipinski definition) is 4. The molecule has 0 fully saturated rings. The average Bonchev–Trinajstić information content (AvgIpc) is 2.97. The average molecular weight is 292 g/mol. The van der Waals surface area contributed by atoms with Crippen molar-refractivity contribution < 1.29 is 0 Å². The number of aromatic nitrogens is 3. The smallest absolute Gasteiger partial charge is 0.191 e. The molecule has 108 valence electrons. The van der Waals surface area contributed by atoms with Crippen molar-refractivity contribution in [2.24, 2.45) is 12.0 Å². The molecule has 2 rings (SSSR count). The Balaban J connectivity index is 1.83. The zero-order valence-corrected chi connectivity index (χ0v) is 13.1. The Morgan fingerprint density at radius 3 is 2.65 bits per heavy atom. The van der Waals surface area contributed by atoms with E-state index >= 15 is 0 Å². The van der Waals surface area contributed by atoms with Gasteiger partial charge >= 0.3 is 0 Å². The number of hydrogen-bond donors (Lipinski definition) is 2. The maximum atomic E-state index is 4.50. The van der Waals surface area contributed by atoms with Crippen molar-refractivity contribution in [3.8, 4) is 0 Å². The van der Waals surface area contributed by atoms with Gasteiger partial charge in [-0.25, -0.2) is 4.98 Å². The second kappa shape index (κ2) is 6.51. The van der Waals surface area contributed by atoms with Gasteiger partial charge in [0.05, 0.1) is 18.4 Å². The van der Waals surface area contributed by atoms with Crippen LogP contribution in [-0.4, -0.2) is 27.8 Å². The van der Waals surface area contributed by atoms with Crippen molar-refractivity contribution in [1.29, 1.82) is 0 Å². The number of nitrogens with one attached hydrogen (secondary N) is 2. The molecule has 2 heterocycles. The maximum Gasteiger partial charge on any atom is 0.191 e. The number of thiazole rings is 1. The Morgan fingerprint density at radius 2 is 2.10 bits per heavy atom. The van der Waals surface area contributed by atoms with Gasteiger partial charge < -0.3 is 10.6 Å². The molecule has 7 heteroatoms. The summed E-state index contributed by atoms with van der Waals surface area (Å²) in [7, 11) is 3.67. The van der Waals surface area contributed by atoms with Crippen LogP contribution in [-0.2, 0) is 20.1 Å². The molecule has 2 N–H and O–H groups in total. The van der Waals surface area contributed by atoms with Gasteiger partial charge in [0.2, 0.25) is 0 Å². The molecule has 6 nitrogen and oxygen atoms in total. The first kappa shape index (κ1) is 14.5. The number of aryl methyl sites for hydroxylation is 3. The lowest BCUT2D eigenvalue weighted by atomic mass is 10.4. The monoisotopic (exact) mass is 292 g/mol. The van der Waals surface area contributed by atoms with Gasteiger partial charge in [-0.1, -0.05) is 0 Å². The minimum absolute atomic E-state index is 0.687. The molecule has 0 aliphatic heterocycles. The molecule has 0 amide bonds. The van der Waals surface area contributed by atoms with E-state index in [4.69, 9.17) is 0 Å². The normalized spacial score (nSPS) is 11.7. The molecule has 0 atom stereocenters. The quantitative estimate of drug-likeness (QED) is 0.659. The molecule has 0 bridgehead atoms. The Hall–Kier alpha value is -1.89. The molecule has 2 aromatic rings. The van der Waals surface area contributed by atoms with Crippen LogP contribution >= 0.6 is 11.3 Å². The summed E-state index contributed by atoms with van der Waals surface area (Å²) >= 11 is 1.71. The molecule has 0 aromatic carbocycles. The molecule has 2 aromatic heterocycles. The number of guanidine groups is 1. The summed E-state index contributed by atoms with van der Waals surface area (Å²) in [6.45, 7) is 5.51. The minimum atomic E-state index is 0.687. The van der Waals surface area contributed by atoms with E-state index in [0.717, 1.165) is 22.2 Å². The summed E-state index contributed by atoms with van der Waals surface area (Å²) in [4.78, 5) is 9.96. The summed E-state index contributed by atoms with van der Waals surface area (Å²) in [6.07, 6.45) is 3.82. The highest BCUT2D eigenvalue weighted by molar-refractivity contribution is 7.11. The molecular weight excluding hydrogens is 272 g/mol. The summed E-state index contributed by atoms with van der Waals surface area (Å²) in [5, 5.41) is 11.7. The Morgan fingerprint density at radius 1 is 1.35 bits per heavy atom. The first-order valence-electron chi connectivity index (χ1n) is 6.43. The van der Waals surface area contributed by atoms with Crippen molar-refractivity contribution in [2.45, 2.75) is 26.9 Å². The van der Waals surface area contributed by atoms with Gasteiger partial charge in [0.1, 0.15) is 5.01 Å². The molecule has 0 aliphatic carbocycles. The SMILES string of the molecule is CN=C(NCc1cnn(C)c1)NCc1nc(C)c(C)s1. The van der Waals surface area contributed by atoms with Crippen LogP contribution in [0.25, 0.3) is 0 Å². The van der Waals surface area contributed by atoms with E-state index in [9.17, 15) is 0 Å². The highest BCUT2D eigenvalue weighted by Gasteiger charge is 2.05. The van der Waals surface area contributed by atoms with E-state index in [1.807, 2.05) is 26.4 Å². The van der Waals surface area contributed by atoms with Gasteiger partial charge in [0.15, 0.2) is 5.96 Å². The zero-order valence-electron chi connectivity index (χ0n) is 12.3. The lowest BCUT2D eigenvalue weighted by Gasteiger charge is -2.09. The third-order valence-electron chi connectivity index (χ3n) is 2.92. The van der Waals surface area contributed by atoms with Crippen LogP contribution in [0.5, 0.6) is 0 Å². The fraction of sp³-hybridized carbons (Fsp3) is 0.462. The van der Waals surface area contributed by atoms with Crippen LogP contribution in [0.3, 0.4) is 0 Å². The van der Waals surface area contributed by atoms with Crippen LogP contribution < -0.4 is 10.6 Å². The van der Waals surface area contributed by atoms with Crippen molar-refractivity contribution in [2.75, 3.05) is 7.05 Å². The highest BCUT2D eigenvalue weighted by Crippen LogP contribution is 2.15. The number of aliphatic imine (C=N–C) groups is 1. The number of nitrogens with zero attached hydrogens (tertiary/aromatic N) is 4. The van der Waals surface area contributed by atoms with E-state index in [2.05, 4.69) is 32.6 Å². The molecule has 0 saturated heterocycles. The number of rotatable bonds is 4. The van der Waals surface area contributed by atoms with Crippen molar-refractivity contribution in [3.05, 3.63) is 33.5 Å². The Bertz CT molecular complexity index is 578. The van der Waals surface area contributed by atoms with Gasteiger partial charge in [0, 0.05) is 37.3 Å². The Labute approximate surface area is 123 Å². The maximum absolute atomic E-state index is 4.50. The van der Waals surface area contributed by atoms with Crippen molar-refractivity contribution in [1.82, 2.24) is 25.4 Å². The van der Waals surface area contributed by atoms with Gasteiger partial charge in [0.25, 0.3) is 0 Å². The Kier molecular flexibility index (Phi) is 4.73. The van der Waals surface area contributed by atoms with Crippen LogP contribution in [0.4, 0.5) is 0 Å². The van der Waals surface area contributed by atoms with Crippen LogP contribution in [0.15, 0.2) is 17.4 Å². The molecule has 0 aliphatic rings. The lowest BCUT2D eigenvalue weighted by Crippen LogP contribution is -2.36. The molecule has 20 heavy (non-hydrogen) atoms. The molecule has 0 spiro atoms. The third kappa shape index (κ3) is 3.80. The van der Waals surface area contributed by atoms with Crippen LogP contribution in [0.1, 0.15) is 21.1 Å². The van der Waals surface area contributed by atoms with Crippen molar-refractivity contribution in [3.63, 3.8) is 0 Å². The molecule has 0 saturated carbocycles. The van der Waals surface area contributed by atoms with E-state index in [1.54, 1.807) is 23.1 Å². The summed E-state index contributed by atoms with van der Waals surface area (Å²) in [5.74, 6) is 0.763. The summed E-state index contributed by atoms with van der Waals surface area (Å²) in [6, 6.07) is 0. The molecular formula is C13H20N6S. The van der Waals surface area contributed by atoms with Crippen molar-refractivity contribution >= 4 is 17.3 Å². The topological polar surface area (TPSA) is 67.1 Å². The van der Waals surface area contributed by atoms with E-state index in [-0.39, 0.29) is 0 Å². The van der Waals surface area contributed by atoms with Gasteiger partial charge in [-0.05, 0) is 13.8 Å². The van der Waals surface area contributed by atoms with E-state index < -0.39 is 0 Å². The second-order valence-electron chi connectivity index (χ2n) is 4.55. The second-order valence-corrected chi connectivity index (χ2v) is 5.84. The largest absolute Gasteiger partial charge is 0.352 e. The predicted octanol–water partition coefficient (Wildman–Crippen LogP) is 1.36. The minimum Gasteiger partial charge on any atom is -0.352 e. The van der Waals surface area contributed by atoms with Crippen LogP contribution in [0.2, 0.25) is 0 Å². The summed E-state index contributed by atoms with van der Waals surface area (Å²) in [5.41, 5.74) is 2.22. The fourth-order valence-corrected chi connectivity index (χ4v) is 2.62. The predicted molar refractivity (Wildman–Crippen MR) is 81.8 cm³/mol. The third-order valence-corrected chi connectivity index (χ3v) is 3.99. The van der Waals surface area contributed by atoms with E-state index in [0.29, 0.717) is 13.1 Å². The van der Waals surface area contributed by atoms with Gasteiger partial charge in [-0.3, -0.25) is 9.67 Å². The standard InChI is InChI=1S/C13H20N6S/c1-9-10(2)20-12(18-9)7-16-13(14-3)15-5-11-6-17-19(4)8-11/h6,8H,5,7H2,1-4H3,(H2,14,15,16). The molecule has 0 radical (unpaired) electrons. The van der Waals surface area contributed by atoms with Crippen LogP contribution in [0, 0.1) is 13.8 Å². The first-order chi connectivity index (χ1) is 9.58. The molecule has 0 unspecified atom stereocenters. The fourth-order valence-electron chi connectivity index (χ4n) is 1.74. The van der Waals surface area contributed by atoms with Gasteiger partial charge in [-0.2, -0.15) is 5.10 Å². The summed E-state index contributed by atoms with van der Waals surface area (Å²) < 4.78 is 1.79. The zero-order chi connectivity index (χ0) is 14.5. The van der Waals surface area contributed by atoms with E-state index in [1.165, 1.54) is 4.88 Å². The highest BCUT2D eigenvalue weighted by atomic mass is 32.1. The van der Waals surface area contributed by atoms with Gasteiger partial charge in [-0.15, -0.1) is 11.3 Å².